The van der Waals surface area contributed by atoms with E-state index in [1.54, 1.807) is 25.1 Å². The van der Waals surface area contributed by atoms with Gasteiger partial charge in [-0.05, 0) is 55.0 Å². The lowest BCUT2D eigenvalue weighted by molar-refractivity contribution is -0.154. The van der Waals surface area contributed by atoms with Crippen LogP contribution < -0.4 is 10.1 Å². The molecule has 0 aliphatic heterocycles. The van der Waals surface area contributed by atoms with Crippen molar-refractivity contribution >= 4 is 40.9 Å². The van der Waals surface area contributed by atoms with Gasteiger partial charge in [0.2, 0.25) is 5.91 Å². The summed E-state index contributed by atoms with van der Waals surface area (Å²) in [5, 5.41) is 4.03. The number of esters is 1. The molecule has 3 rings (SSSR count). The van der Waals surface area contributed by atoms with Crippen LogP contribution in [0.2, 0.25) is 10.0 Å². The highest BCUT2D eigenvalue weighted by Gasteiger charge is 2.54. The highest BCUT2D eigenvalue weighted by Crippen LogP contribution is 2.51. The summed E-state index contributed by atoms with van der Waals surface area (Å²) in [5.41, 5.74) is 1.13. The lowest BCUT2D eigenvalue weighted by Crippen LogP contribution is -2.57. The van der Waals surface area contributed by atoms with Gasteiger partial charge in [-0.1, -0.05) is 68.6 Å². The molecule has 1 saturated carbocycles. The molecule has 1 fully saturated rings. The number of ether oxygens (including phenoxy) is 2. The van der Waals surface area contributed by atoms with Crippen LogP contribution in [0.5, 0.6) is 5.75 Å². The predicted molar refractivity (Wildman–Crippen MR) is 145 cm³/mol. The van der Waals surface area contributed by atoms with E-state index >= 15 is 0 Å². The Morgan fingerprint density at radius 2 is 1.68 bits per heavy atom. The van der Waals surface area contributed by atoms with Gasteiger partial charge in [0.05, 0.1) is 7.11 Å². The van der Waals surface area contributed by atoms with Crippen LogP contribution in [0.3, 0.4) is 0 Å². The fourth-order valence-electron chi connectivity index (χ4n) is 5.24. The first kappa shape index (κ1) is 29.0. The number of carbonyl (C=O) groups is 3. The van der Waals surface area contributed by atoms with Gasteiger partial charge in [0.15, 0.2) is 0 Å². The average Bonchev–Trinajstić information content (AvgIpc) is 2.85. The summed E-state index contributed by atoms with van der Waals surface area (Å²) in [7, 11) is 1.32. The molecule has 0 saturated heterocycles. The first-order chi connectivity index (χ1) is 17.5. The number of hydrogen-bond donors (Lipinski definition) is 1. The molecule has 37 heavy (non-hydrogen) atoms. The maximum absolute atomic E-state index is 13.2. The third-order valence-corrected chi connectivity index (χ3v) is 8.29. The molecule has 4 unspecified atom stereocenters. The first-order valence-electron chi connectivity index (χ1n) is 12.6. The Bertz CT molecular complexity index is 1110. The molecule has 1 aliphatic rings. The minimum atomic E-state index is -0.849. The minimum Gasteiger partial charge on any atom is -0.489 e. The number of rotatable bonds is 11. The maximum Gasteiger partial charge on any atom is 0.329 e. The molecule has 2 aromatic carbocycles. The van der Waals surface area contributed by atoms with Crippen LogP contribution in [0, 0.1) is 17.3 Å². The largest absolute Gasteiger partial charge is 0.489 e. The second kappa shape index (κ2) is 12.3. The van der Waals surface area contributed by atoms with Crippen LogP contribution in [-0.2, 0) is 25.7 Å². The predicted octanol–water partition coefficient (Wildman–Crippen LogP) is 6.37. The number of carbonyl (C=O) groups excluding carboxylic acids is 3. The smallest absolute Gasteiger partial charge is 0.329 e. The van der Waals surface area contributed by atoms with E-state index in [1.807, 2.05) is 45.0 Å². The summed E-state index contributed by atoms with van der Waals surface area (Å²) in [4.78, 5) is 38.0. The Morgan fingerprint density at radius 1 is 1.05 bits per heavy atom. The van der Waals surface area contributed by atoms with Crippen molar-refractivity contribution in [3.8, 4) is 5.75 Å². The molecular weight excluding hydrogens is 513 g/mol. The number of hydrogen-bond acceptors (Lipinski definition) is 5. The van der Waals surface area contributed by atoms with Gasteiger partial charge in [0.1, 0.15) is 24.2 Å². The summed E-state index contributed by atoms with van der Waals surface area (Å²) >= 11 is 12.5. The van der Waals surface area contributed by atoms with E-state index in [9.17, 15) is 14.4 Å². The summed E-state index contributed by atoms with van der Waals surface area (Å²) in [6.45, 7) is 7.66. The Morgan fingerprint density at radius 3 is 2.19 bits per heavy atom. The van der Waals surface area contributed by atoms with Gasteiger partial charge < -0.3 is 14.8 Å². The first-order valence-corrected chi connectivity index (χ1v) is 13.3. The molecule has 2 aromatic rings. The fourth-order valence-corrected chi connectivity index (χ4v) is 5.75. The summed E-state index contributed by atoms with van der Waals surface area (Å²) in [6.07, 6.45) is 1.96. The third-order valence-electron chi connectivity index (χ3n) is 7.58. The van der Waals surface area contributed by atoms with Gasteiger partial charge in [-0.2, -0.15) is 0 Å². The molecule has 6 nitrogen and oxygen atoms in total. The van der Waals surface area contributed by atoms with E-state index in [1.165, 1.54) is 7.11 Å². The Kier molecular flexibility index (Phi) is 9.65. The lowest BCUT2D eigenvalue weighted by Gasteiger charge is -2.50. The quantitative estimate of drug-likeness (QED) is 0.330. The number of benzene rings is 2. The van der Waals surface area contributed by atoms with Crippen molar-refractivity contribution in [2.24, 2.45) is 17.3 Å². The molecule has 0 heterocycles. The highest BCUT2D eigenvalue weighted by atomic mass is 35.5. The molecule has 8 heteroatoms. The number of methoxy groups -OCH3 is 1. The monoisotopic (exact) mass is 547 g/mol. The van der Waals surface area contributed by atoms with Crippen molar-refractivity contribution in [2.45, 2.75) is 65.5 Å². The molecule has 0 aromatic heterocycles. The normalized spacial score (nSPS) is 19.8. The summed E-state index contributed by atoms with van der Waals surface area (Å²) < 4.78 is 11.0. The van der Waals surface area contributed by atoms with Crippen molar-refractivity contribution in [1.82, 2.24) is 5.32 Å². The Balaban J connectivity index is 1.76. The van der Waals surface area contributed by atoms with Gasteiger partial charge in [0, 0.05) is 33.4 Å². The summed E-state index contributed by atoms with van der Waals surface area (Å²) in [5.74, 6) is -0.805. The van der Waals surface area contributed by atoms with Crippen LogP contribution >= 0.6 is 23.2 Å². The lowest BCUT2D eigenvalue weighted by atomic mass is 9.53. The van der Waals surface area contributed by atoms with Gasteiger partial charge in [-0.3, -0.25) is 9.59 Å². The number of nitrogens with one attached hydrogen (secondary N) is 1. The number of halogens is 2. The fraction of sp³-hybridized carbons (Fsp3) is 0.483. The number of amides is 1. The maximum atomic E-state index is 13.2. The van der Waals surface area contributed by atoms with E-state index < -0.39 is 17.4 Å². The van der Waals surface area contributed by atoms with Gasteiger partial charge in [-0.15, -0.1) is 0 Å². The van der Waals surface area contributed by atoms with Crippen LogP contribution in [0.25, 0.3) is 0 Å². The van der Waals surface area contributed by atoms with Crippen LogP contribution in [0.4, 0.5) is 0 Å². The van der Waals surface area contributed by atoms with Crippen LogP contribution in [0.1, 0.15) is 64.0 Å². The number of Topliss-reactive ketones (excluding diaryl/α,β-unsaturated/α-hetero) is 1. The van der Waals surface area contributed by atoms with Gasteiger partial charge in [-0.25, -0.2) is 4.79 Å². The molecule has 0 spiro atoms. The van der Waals surface area contributed by atoms with Crippen molar-refractivity contribution in [1.29, 1.82) is 0 Å². The van der Waals surface area contributed by atoms with Crippen LogP contribution in [-0.4, -0.2) is 30.8 Å². The highest BCUT2D eigenvalue weighted by molar-refractivity contribution is 6.35. The molecule has 1 N–H and O–H groups in total. The zero-order valence-corrected chi connectivity index (χ0v) is 23.5. The Labute approximate surface area is 229 Å². The topological polar surface area (TPSA) is 81.7 Å². The molecular formula is C29H35Cl2NO5. The molecule has 4 atom stereocenters. The van der Waals surface area contributed by atoms with Crippen molar-refractivity contribution in [3.05, 3.63) is 63.6 Å². The van der Waals surface area contributed by atoms with Crippen molar-refractivity contribution in [3.63, 3.8) is 0 Å². The van der Waals surface area contributed by atoms with Crippen LogP contribution in [0.15, 0.2) is 42.5 Å². The van der Waals surface area contributed by atoms with E-state index in [0.717, 1.165) is 12.0 Å². The molecule has 200 valence electrons. The van der Waals surface area contributed by atoms with Crippen molar-refractivity contribution in [2.75, 3.05) is 7.11 Å². The van der Waals surface area contributed by atoms with Gasteiger partial charge >= 0.3 is 5.97 Å². The number of ketones is 1. The second-order valence-electron chi connectivity index (χ2n) is 10.2. The van der Waals surface area contributed by atoms with E-state index in [0.29, 0.717) is 34.2 Å². The average molecular weight is 549 g/mol. The Hall–Kier alpha value is -2.57. The minimum absolute atomic E-state index is 0.0848. The standard InChI is InChI=1S/C29H35Cl2NO5/c1-6-8-20(18-11-13-19(14-12-18)37-16-21-24(30)9-7-10-25(21)31)26(28(35)36-5)32-27(34)23-15-22(17(2)33)29(23,3)4/h7,9-14,20,22-23,26H,6,8,15-16H2,1-5H3,(H,32,34). The van der Waals surface area contributed by atoms with E-state index in [4.69, 9.17) is 32.7 Å². The second-order valence-corrected chi connectivity index (χ2v) is 11.0. The third kappa shape index (κ3) is 6.47. The van der Waals surface area contributed by atoms with Gasteiger partial charge in [0.25, 0.3) is 0 Å². The SMILES string of the molecule is CCCC(c1ccc(OCc2c(Cl)cccc2Cl)cc1)C(NC(=O)C1CC(C(C)=O)C1(C)C)C(=O)OC. The molecule has 1 amide bonds. The summed E-state index contributed by atoms with van der Waals surface area (Å²) in [6, 6.07) is 11.9. The van der Waals surface area contributed by atoms with E-state index in [2.05, 4.69) is 5.32 Å². The molecule has 0 radical (unpaired) electrons. The zero-order chi connectivity index (χ0) is 27.3. The zero-order valence-electron chi connectivity index (χ0n) is 22.0. The van der Waals surface area contributed by atoms with E-state index in [-0.39, 0.29) is 36.1 Å². The van der Waals surface area contributed by atoms with Crippen molar-refractivity contribution < 1.29 is 23.9 Å². The molecule has 0 bridgehead atoms. The molecule has 1 aliphatic carbocycles.